The highest BCUT2D eigenvalue weighted by atomic mass is 19.4. The van der Waals surface area contributed by atoms with Crippen LogP contribution in [-0.2, 0) is 9.74 Å². The van der Waals surface area contributed by atoms with Crippen LogP contribution in [0, 0.1) is 0 Å². The van der Waals surface area contributed by atoms with Gasteiger partial charge in [0, 0.05) is 4.53 Å². The lowest BCUT2D eigenvalue weighted by atomic mass is 9.92. The molecule has 0 aromatic carbocycles. The Morgan fingerprint density at radius 3 is 1.38 bits per heavy atom. The van der Waals surface area contributed by atoms with E-state index in [1.165, 1.54) is 4.94 Å². The largest absolute Gasteiger partial charge is 0.424 e. The summed E-state index contributed by atoms with van der Waals surface area (Å²) in [6, 6.07) is 0. The normalized spacial score (nSPS) is 16.3. The fourth-order valence-corrected chi connectivity index (χ4v) is 1.11. The van der Waals surface area contributed by atoms with E-state index in [9.17, 15) is 66.4 Å². The molecular weight excluding hydrogens is 394 g/mol. The molecule has 0 amide bonds. The lowest BCUT2D eigenvalue weighted by Gasteiger charge is -2.38. The first-order chi connectivity index (χ1) is 10.3. The second kappa shape index (κ2) is 6.09. The molecular formula is C8H2F14O2. The Morgan fingerprint density at radius 2 is 1.08 bits per heavy atom. The molecule has 0 aromatic heterocycles. The zero-order valence-electron chi connectivity index (χ0n) is 10.3. The molecule has 0 saturated carbocycles. The average molecular weight is 396 g/mol. The zero-order chi connectivity index (χ0) is 19.9. The van der Waals surface area contributed by atoms with Crippen LogP contribution in [-0.4, -0.2) is 48.2 Å². The molecule has 0 saturated heterocycles. The topological polar surface area (TPSA) is 26.3 Å². The van der Waals surface area contributed by atoms with E-state index in [0.717, 1.165) is 0 Å². The third-order valence-electron chi connectivity index (χ3n) is 2.50. The van der Waals surface area contributed by atoms with Crippen molar-refractivity contribution in [3.8, 4) is 0 Å². The Hall–Kier alpha value is -1.51. The molecule has 0 fully saturated rings. The second-order valence-electron chi connectivity index (χ2n) is 4.02. The first-order valence-electron chi connectivity index (χ1n) is 4.98. The molecule has 0 rings (SSSR count). The molecule has 24 heavy (non-hydrogen) atoms. The molecule has 0 N–H and O–H groups in total. The molecule has 0 heterocycles. The van der Waals surface area contributed by atoms with Crippen LogP contribution in [0.25, 0.3) is 0 Å². The number of rotatable bonds is 7. The van der Waals surface area contributed by atoms with Crippen molar-refractivity contribution >= 4 is 5.97 Å². The van der Waals surface area contributed by atoms with E-state index < -0.39 is 48.2 Å². The molecule has 0 aliphatic carbocycles. The molecule has 0 aromatic rings. The Bertz CT molecular complexity index is 471. The Kier molecular flexibility index (Phi) is 5.71. The summed E-state index contributed by atoms with van der Waals surface area (Å²) < 4.78 is 175. The van der Waals surface area contributed by atoms with E-state index in [4.69, 9.17) is 0 Å². The van der Waals surface area contributed by atoms with Crippen molar-refractivity contribution in [1.29, 1.82) is 0 Å². The molecule has 1 atom stereocenters. The van der Waals surface area contributed by atoms with Gasteiger partial charge in [-0.2, -0.15) is 43.9 Å². The highest BCUT2D eigenvalue weighted by molar-refractivity contribution is 5.78. The van der Waals surface area contributed by atoms with Gasteiger partial charge in [0.15, 0.2) is 0 Å². The molecule has 1 unspecified atom stereocenters. The molecule has 0 aliphatic heterocycles. The van der Waals surface area contributed by atoms with Gasteiger partial charge in [-0.1, -0.05) is 0 Å². The van der Waals surface area contributed by atoms with Gasteiger partial charge in [-0.05, 0) is 0 Å². The maximum Gasteiger partial charge on any atom is 0.424 e. The maximum atomic E-state index is 12.9. The molecule has 16 heteroatoms. The minimum absolute atomic E-state index is 1.45. The van der Waals surface area contributed by atoms with Crippen molar-refractivity contribution < 1.29 is 71.3 Å². The van der Waals surface area contributed by atoms with Crippen LogP contribution >= 0.6 is 0 Å². The Balaban J connectivity index is 6.25. The van der Waals surface area contributed by atoms with Crippen LogP contribution in [0.2, 0.25) is 0 Å². The molecule has 144 valence electrons. The average Bonchev–Trinajstić information content (AvgIpc) is 2.44. The van der Waals surface area contributed by atoms with Crippen LogP contribution in [0.15, 0.2) is 0 Å². The zero-order valence-corrected chi connectivity index (χ0v) is 10.3. The minimum atomic E-state index is -8.00. The van der Waals surface area contributed by atoms with Gasteiger partial charge in [0.1, 0.15) is 0 Å². The fraction of sp³-hybridized carbons (Fsp3) is 0.875. The molecule has 2 nitrogen and oxygen atoms in total. The van der Waals surface area contributed by atoms with Crippen molar-refractivity contribution in [2.75, 3.05) is 0 Å². The highest BCUT2D eigenvalue weighted by Crippen LogP contribution is 2.58. The van der Waals surface area contributed by atoms with E-state index in [0.29, 0.717) is 0 Å². The summed E-state index contributed by atoms with van der Waals surface area (Å²) in [5, 5.41) is 0. The summed E-state index contributed by atoms with van der Waals surface area (Å²) >= 11 is 0. The van der Waals surface area contributed by atoms with E-state index >= 15 is 0 Å². The lowest BCUT2D eigenvalue weighted by Crippen LogP contribution is -2.70. The minimum Gasteiger partial charge on any atom is -0.248 e. The standard InChI is InChI=1S/C8H2F14O2/c9-1(2(10)11)4(12,13)6(16,17)8(20,21)7(18,19)5(14,15)3(23)24-22/h1-2H. The van der Waals surface area contributed by atoms with Crippen molar-refractivity contribution in [3.63, 3.8) is 0 Å². The summed E-state index contributed by atoms with van der Waals surface area (Å²) in [6.07, 6.45) is -10.6. The van der Waals surface area contributed by atoms with Crippen LogP contribution in [0.1, 0.15) is 0 Å². The number of carbonyl (C=O) groups is 1. The first kappa shape index (κ1) is 22.5. The number of alkyl halides is 13. The maximum absolute atomic E-state index is 12.9. The van der Waals surface area contributed by atoms with E-state index in [1.54, 1.807) is 0 Å². The van der Waals surface area contributed by atoms with Gasteiger partial charge in [-0.15, -0.1) is 0 Å². The number of halogens is 14. The Labute approximate surface area is 121 Å². The smallest absolute Gasteiger partial charge is 0.248 e. The van der Waals surface area contributed by atoms with Crippen molar-refractivity contribution in [1.82, 2.24) is 0 Å². The molecule has 0 aliphatic rings. The number of hydrogen-bond acceptors (Lipinski definition) is 2. The summed E-state index contributed by atoms with van der Waals surface area (Å²) in [6.45, 7) is 0. The van der Waals surface area contributed by atoms with Crippen LogP contribution in [0.5, 0.6) is 0 Å². The summed E-state index contributed by atoms with van der Waals surface area (Å²) in [5.41, 5.74) is 0. The van der Waals surface area contributed by atoms with Gasteiger partial charge in [0.2, 0.25) is 6.17 Å². The quantitative estimate of drug-likeness (QED) is 0.604. The predicted molar refractivity (Wildman–Crippen MR) is 42.8 cm³/mol. The van der Waals surface area contributed by atoms with Crippen molar-refractivity contribution in [2.45, 2.75) is 42.2 Å². The van der Waals surface area contributed by atoms with Gasteiger partial charge in [-0.3, -0.25) is 0 Å². The molecule has 0 bridgehead atoms. The summed E-state index contributed by atoms with van der Waals surface area (Å²) in [7, 11) is 0. The van der Waals surface area contributed by atoms with Gasteiger partial charge in [0.05, 0.1) is 0 Å². The van der Waals surface area contributed by atoms with E-state index in [1.807, 2.05) is 0 Å². The van der Waals surface area contributed by atoms with Gasteiger partial charge in [-0.25, -0.2) is 22.9 Å². The van der Waals surface area contributed by atoms with Crippen LogP contribution in [0.4, 0.5) is 61.6 Å². The number of hydrogen-bond donors (Lipinski definition) is 0. The monoisotopic (exact) mass is 396 g/mol. The van der Waals surface area contributed by atoms with Gasteiger partial charge in [0.25, 0.3) is 6.43 Å². The third-order valence-corrected chi connectivity index (χ3v) is 2.50. The van der Waals surface area contributed by atoms with Gasteiger partial charge >= 0.3 is 35.6 Å². The SMILES string of the molecule is O=C(OF)C(F)(F)C(F)(F)C(F)(F)C(F)(F)C(F)(F)C(F)C(F)F. The molecule has 0 radical (unpaired) electrons. The molecule has 0 spiro atoms. The first-order valence-corrected chi connectivity index (χ1v) is 4.98. The lowest BCUT2D eigenvalue weighted by molar-refractivity contribution is -0.407. The second-order valence-corrected chi connectivity index (χ2v) is 4.02. The van der Waals surface area contributed by atoms with E-state index in [-0.39, 0.29) is 0 Å². The summed E-state index contributed by atoms with van der Waals surface area (Å²) in [5.74, 6) is -42.3. The third kappa shape index (κ3) is 2.82. The van der Waals surface area contributed by atoms with Crippen molar-refractivity contribution in [2.24, 2.45) is 0 Å². The van der Waals surface area contributed by atoms with Crippen LogP contribution in [0.3, 0.4) is 0 Å². The van der Waals surface area contributed by atoms with E-state index in [2.05, 4.69) is 0 Å². The highest BCUT2D eigenvalue weighted by Gasteiger charge is 2.89. The van der Waals surface area contributed by atoms with Crippen molar-refractivity contribution in [3.05, 3.63) is 0 Å². The number of carbonyl (C=O) groups excluding carboxylic acids is 1. The predicted octanol–water partition coefficient (Wildman–Crippen LogP) is 4.19. The van der Waals surface area contributed by atoms with Crippen LogP contribution < -0.4 is 0 Å². The summed E-state index contributed by atoms with van der Waals surface area (Å²) in [4.78, 5) is 11.4. The van der Waals surface area contributed by atoms with Gasteiger partial charge < -0.3 is 0 Å². The fourth-order valence-electron chi connectivity index (χ4n) is 1.11. The Morgan fingerprint density at radius 1 is 0.708 bits per heavy atom.